The fraction of sp³-hybridized carbons (Fsp3) is 0.667. The lowest BCUT2D eigenvalue weighted by atomic mass is 11.0. The molecule has 40 valence electrons. The highest BCUT2D eigenvalue weighted by molar-refractivity contribution is 14.1. The summed E-state index contributed by atoms with van der Waals surface area (Å²) in [4.78, 5) is 3.99. The van der Waals surface area contributed by atoms with E-state index in [-0.39, 0.29) is 4.17 Å². The molecule has 0 radical (unpaired) electrons. The molecule has 0 amide bonds. The molecule has 0 saturated heterocycles. The summed E-state index contributed by atoms with van der Waals surface area (Å²) in [6, 6.07) is 0. The second kappa shape index (κ2) is 1.95. The molecule has 0 spiro atoms. The fourth-order valence-electron chi connectivity index (χ4n) is 0.347. The first kappa shape index (κ1) is 5.30. The Kier molecular flexibility index (Phi) is 1.48. The summed E-state index contributed by atoms with van der Waals surface area (Å²) >= 11 is 2.22. The fourth-order valence-corrected chi connectivity index (χ4v) is 0.669. The van der Waals surface area contributed by atoms with Crippen molar-refractivity contribution in [3.05, 3.63) is 0 Å². The molecule has 7 heavy (non-hydrogen) atoms. The first-order valence-corrected chi connectivity index (χ1v) is 3.20. The highest BCUT2D eigenvalue weighted by Crippen LogP contribution is 2.06. The van der Waals surface area contributed by atoms with Gasteiger partial charge in [0.2, 0.25) is 0 Å². The molecule has 1 aliphatic rings. The summed E-state index contributed by atoms with van der Waals surface area (Å²) in [6.45, 7) is 0. The van der Waals surface area contributed by atoms with Crippen LogP contribution in [0.2, 0.25) is 0 Å². The number of hydrogen-bond donors (Lipinski definition) is 1. The molecule has 0 unspecified atom stereocenters. The molecule has 0 aliphatic carbocycles. The molecular formula is C3H6IN3. The molecule has 1 heterocycles. The van der Waals surface area contributed by atoms with Gasteiger partial charge in [-0.2, -0.15) is 5.01 Å². The van der Waals surface area contributed by atoms with E-state index >= 15 is 0 Å². The number of nitrogens with one attached hydrogen (secondary N) is 1. The maximum atomic E-state index is 3.99. The van der Waals surface area contributed by atoms with E-state index in [1.54, 1.807) is 6.34 Å². The third-order valence-electron chi connectivity index (χ3n) is 0.779. The van der Waals surface area contributed by atoms with Gasteiger partial charge in [-0.15, -0.1) is 0 Å². The number of hydrogen-bond acceptors (Lipinski definition) is 3. The van der Waals surface area contributed by atoms with Crippen molar-refractivity contribution in [3.63, 3.8) is 0 Å². The lowest BCUT2D eigenvalue weighted by Crippen LogP contribution is -2.30. The Morgan fingerprint density at radius 1 is 2.00 bits per heavy atom. The summed E-state index contributed by atoms with van der Waals surface area (Å²) in [5.41, 5.74) is 2.90. The van der Waals surface area contributed by atoms with Crippen molar-refractivity contribution in [1.29, 1.82) is 0 Å². The van der Waals surface area contributed by atoms with Gasteiger partial charge in [0.15, 0.2) is 4.17 Å². The second-order valence-corrected chi connectivity index (χ2v) is 2.44. The van der Waals surface area contributed by atoms with Crippen molar-refractivity contribution in [1.82, 2.24) is 10.4 Å². The van der Waals surface area contributed by atoms with E-state index in [0.29, 0.717) is 0 Å². The number of halogens is 1. The second-order valence-electron chi connectivity index (χ2n) is 1.33. The molecule has 1 rings (SSSR count). The lowest BCUT2D eigenvalue weighted by Gasteiger charge is -2.09. The van der Waals surface area contributed by atoms with Crippen LogP contribution < -0.4 is 5.43 Å². The van der Waals surface area contributed by atoms with Gasteiger partial charge in [0.1, 0.15) is 0 Å². The Morgan fingerprint density at radius 2 is 2.71 bits per heavy atom. The summed E-state index contributed by atoms with van der Waals surface area (Å²) in [5, 5.41) is 1.92. The summed E-state index contributed by atoms with van der Waals surface area (Å²) < 4.78 is 0.276. The normalized spacial score (nSPS) is 30.9. The average Bonchev–Trinajstić information content (AvgIpc) is 1.91. The predicted octanol–water partition coefficient (Wildman–Crippen LogP) is 0.183. The minimum atomic E-state index is 0.276. The Labute approximate surface area is 55.9 Å². The van der Waals surface area contributed by atoms with Crippen LogP contribution in [0.4, 0.5) is 0 Å². The molecule has 0 aromatic heterocycles. The monoisotopic (exact) mass is 211 g/mol. The van der Waals surface area contributed by atoms with Crippen molar-refractivity contribution in [2.24, 2.45) is 4.99 Å². The van der Waals surface area contributed by atoms with Crippen LogP contribution in [0.15, 0.2) is 4.99 Å². The molecule has 0 saturated carbocycles. The molecule has 0 aromatic carbocycles. The smallest absolute Gasteiger partial charge is 0.171 e. The molecule has 1 N–H and O–H groups in total. The number of nitrogens with zero attached hydrogens (tertiary/aromatic N) is 2. The first-order valence-electron chi connectivity index (χ1n) is 1.95. The van der Waals surface area contributed by atoms with Crippen LogP contribution in [0, 0.1) is 0 Å². The van der Waals surface area contributed by atoms with Crippen molar-refractivity contribution in [2.75, 3.05) is 7.05 Å². The van der Waals surface area contributed by atoms with Gasteiger partial charge in [0.05, 0.1) is 6.34 Å². The highest BCUT2D eigenvalue weighted by atomic mass is 127. The Morgan fingerprint density at radius 3 is 2.86 bits per heavy atom. The van der Waals surface area contributed by atoms with Gasteiger partial charge >= 0.3 is 0 Å². The summed E-state index contributed by atoms with van der Waals surface area (Å²) in [6.07, 6.45) is 1.69. The van der Waals surface area contributed by atoms with Gasteiger partial charge in [-0.3, -0.25) is 0 Å². The molecule has 3 nitrogen and oxygen atoms in total. The van der Waals surface area contributed by atoms with Crippen LogP contribution in [0.3, 0.4) is 0 Å². The zero-order chi connectivity index (χ0) is 5.28. The zero-order valence-corrected chi connectivity index (χ0v) is 6.08. The van der Waals surface area contributed by atoms with Gasteiger partial charge in [-0.05, 0) is 22.6 Å². The molecule has 0 fully saturated rings. The number of rotatable bonds is 0. The molecule has 0 bridgehead atoms. The van der Waals surface area contributed by atoms with Gasteiger partial charge in [0.25, 0.3) is 0 Å². The average molecular weight is 211 g/mol. The van der Waals surface area contributed by atoms with Gasteiger partial charge < -0.3 is 5.43 Å². The van der Waals surface area contributed by atoms with Crippen molar-refractivity contribution in [2.45, 2.75) is 4.17 Å². The largest absolute Gasteiger partial charge is 0.307 e. The van der Waals surface area contributed by atoms with Crippen molar-refractivity contribution >= 4 is 28.9 Å². The Balaban J connectivity index is 2.45. The Hall–Kier alpha value is 0.160. The minimum Gasteiger partial charge on any atom is -0.307 e. The van der Waals surface area contributed by atoms with E-state index in [1.807, 2.05) is 12.1 Å². The number of alkyl halides is 1. The van der Waals surface area contributed by atoms with Crippen molar-refractivity contribution < 1.29 is 0 Å². The maximum Gasteiger partial charge on any atom is 0.171 e. The summed E-state index contributed by atoms with van der Waals surface area (Å²) in [5.74, 6) is 0. The molecular weight excluding hydrogens is 205 g/mol. The lowest BCUT2D eigenvalue weighted by molar-refractivity contribution is 0.320. The molecule has 4 heteroatoms. The zero-order valence-electron chi connectivity index (χ0n) is 3.93. The van der Waals surface area contributed by atoms with Gasteiger partial charge in [0, 0.05) is 7.05 Å². The SMILES string of the molecule is CN1NC=N[C@@H]1I. The standard InChI is InChI=1S/C3H6IN3/c1-7-3(4)5-2-6-7/h2-3H,1H3,(H,5,6)/t3-/m0/s1. The van der Waals surface area contributed by atoms with E-state index in [0.717, 1.165) is 0 Å². The topological polar surface area (TPSA) is 27.6 Å². The van der Waals surface area contributed by atoms with Crippen LogP contribution in [0.25, 0.3) is 0 Å². The van der Waals surface area contributed by atoms with E-state index < -0.39 is 0 Å². The third-order valence-corrected chi connectivity index (χ3v) is 1.94. The van der Waals surface area contributed by atoms with Gasteiger partial charge in [-0.1, -0.05) is 0 Å². The Bertz CT molecular complexity index is 92.2. The first-order chi connectivity index (χ1) is 3.30. The van der Waals surface area contributed by atoms with Crippen LogP contribution in [0.5, 0.6) is 0 Å². The van der Waals surface area contributed by atoms with E-state index in [2.05, 4.69) is 33.0 Å². The van der Waals surface area contributed by atoms with Gasteiger partial charge in [-0.25, -0.2) is 4.99 Å². The van der Waals surface area contributed by atoms with Crippen LogP contribution >= 0.6 is 22.6 Å². The predicted molar refractivity (Wildman–Crippen MR) is 37.2 cm³/mol. The van der Waals surface area contributed by atoms with E-state index in [4.69, 9.17) is 0 Å². The highest BCUT2D eigenvalue weighted by Gasteiger charge is 2.09. The summed E-state index contributed by atoms with van der Waals surface area (Å²) in [7, 11) is 1.95. The molecule has 1 aliphatic heterocycles. The van der Waals surface area contributed by atoms with Crippen molar-refractivity contribution in [3.8, 4) is 0 Å². The van der Waals surface area contributed by atoms with E-state index in [1.165, 1.54) is 0 Å². The number of hydrazine groups is 1. The molecule has 0 aromatic rings. The molecule has 1 atom stereocenters. The van der Waals surface area contributed by atoms with Crippen LogP contribution in [-0.4, -0.2) is 22.6 Å². The minimum absolute atomic E-state index is 0.276. The maximum absolute atomic E-state index is 3.99. The quantitative estimate of drug-likeness (QED) is 0.351. The third kappa shape index (κ3) is 1.03. The van der Waals surface area contributed by atoms with Crippen LogP contribution in [0.1, 0.15) is 0 Å². The van der Waals surface area contributed by atoms with E-state index in [9.17, 15) is 0 Å². The number of aliphatic imine (C=N–C) groups is 1. The van der Waals surface area contributed by atoms with Crippen LogP contribution in [-0.2, 0) is 0 Å².